The van der Waals surface area contributed by atoms with Gasteiger partial charge in [-0.1, -0.05) is 26.2 Å². The first-order chi connectivity index (χ1) is 6.81. The van der Waals surface area contributed by atoms with Crippen molar-refractivity contribution in [3.63, 3.8) is 0 Å². The number of carbonyl (C=O) groups excluding carboxylic acids is 1. The summed E-state index contributed by atoms with van der Waals surface area (Å²) in [5, 5.41) is 3.05. The summed E-state index contributed by atoms with van der Waals surface area (Å²) in [6, 6.07) is 0. The lowest BCUT2D eigenvalue weighted by molar-refractivity contribution is -0.118. The molecule has 0 radical (unpaired) electrons. The Morgan fingerprint density at radius 3 is 2.71 bits per heavy atom. The van der Waals surface area contributed by atoms with Crippen molar-refractivity contribution in [2.75, 3.05) is 26.8 Å². The molecule has 0 rings (SSSR count). The van der Waals surface area contributed by atoms with Crippen LogP contribution in [0, 0.1) is 0 Å². The van der Waals surface area contributed by atoms with E-state index >= 15 is 0 Å². The quantitative estimate of drug-likeness (QED) is 0.547. The monoisotopic (exact) mass is 201 g/mol. The van der Waals surface area contributed by atoms with E-state index < -0.39 is 0 Å². The Morgan fingerprint density at radius 1 is 1.29 bits per heavy atom. The van der Waals surface area contributed by atoms with E-state index in [9.17, 15) is 4.79 Å². The molecule has 3 heteroatoms. The lowest BCUT2D eigenvalue weighted by Crippen LogP contribution is -2.26. The van der Waals surface area contributed by atoms with E-state index in [0.29, 0.717) is 18.9 Å². The Labute approximate surface area is 87.2 Å². The average molecular weight is 201 g/mol. The minimum Gasteiger partial charge on any atom is -0.383 e. The first-order valence-electron chi connectivity index (χ1n) is 5.52. The van der Waals surface area contributed by atoms with E-state index in [2.05, 4.69) is 12.2 Å². The molecule has 1 N–H and O–H groups in total. The van der Waals surface area contributed by atoms with Crippen molar-refractivity contribution in [1.29, 1.82) is 0 Å². The van der Waals surface area contributed by atoms with Gasteiger partial charge in [0.25, 0.3) is 0 Å². The van der Waals surface area contributed by atoms with E-state index in [1.807, 2.05) is 0 Å². The Hall–Kier alpha value is -0.410. The summed E-state index contributed by atoms with van der Waals surface area (Å²) in [6.07, 6.45) is 5.41. The van der Waals surface area contributed by atoms with Crippen LogP contribution >= 0.6 is 0 Å². The van der Waals surface area contributed by atoms with Crippen LogP contribution in [0.2, 0.25) is 0 Å². The summed E-state index contributed by atoms with van der Waals surface area (Å²) in [5.41, 5.74) is 0. The van der Waals surface area contributed by atoms with Gasteiger partial charge in [-0.15, -0.1) is 0 Å². The molecule has 0 spiro atoms. The second-order valence-corrected chi connectivity index (χ2v) is 3.52. The number of hydrogen-bond acceptors (Lipinski definition) is 3. The molecule has 0 saturated carbocycles. The van der Waals surface area contributed by atoms with Gasteiger partial charge in [0.1, 0.15) is 5.78 Å². The molecule has 0 aliphatic heterocycles. The van der Waals surface area contributed by atoms with Crippen LogP contribution in [0.15, 0.2) is 0 Å². The number of methoxy groups -OCH3 is 1. The van der Waals surface area contributed by atoms with Crippen molar-refractivity contribution >= 4 is 5.78 Å². The second-order valence-electron chi connectivity index (χ2n) is 3.52. The number of ketones is 1. The molecule has 84 valence electrons. The Bertz CT molecular complexity index is 123. The molecule has 3 nitrogen and oxygen atoms in total. The summed E-state index contributed by atoms with van der Waals surface area (Å²) in [6.45, 7) is 4.10. The zero-order valence-electron chi connectivity index (χ0n) is 9.47. The first-order valence-corrected chi connectivity index (χ1v) is 5.52. The smallest absolute Gasteiger partial charge is 0.146 e. The molecule has 14 heavy (non-hydrogen) atoms. The minimum atomic E-state index is 0.317. The molecule has 0 unspecified atom stereocenters. The molecule has 0 bridgehead atoms. The van der Waals surface area contributed by atoms with Gasteiger partial charge in [0.2, 0.25) is 0 Å². The van der Waals surface area contributed by atoms with Crippen LogP contribution in [-0.4, -0.2) is 32.6 Å². The van der Waals surface area contributed by atoms with Crippen LogP contribution in [-0.2, 0) is 9.53 Å². The highest BCUT2D eigenvalue weighted by Gasteiger charge is 2.00. The summed E-state index contributed by atoms with van der Waals surface area (Å²) >= 11 is 0. The summed E-state index contributed by atoms with van der Waals surface area (Å²) in [5.74, 6) is 0.317. The molecule has 0 aromatic carbocycles. The number of hydrogen-bond donors (Lipinski definition) is 1. The fourth-order valence-corrected chi connectivity index (χ4v) is 1.24. The summed E-state index contributed by atoms with van der Waals surface area (Å²) in [7, 11) is 1.66. The van der Waals surface area contributed by atoms with E-state index in [1.165, 1.54) is 19.3 Å². The van der Waals surface area contributed by atoms with Crippen LogP contribution in [0.1, 0.15) is 39.0 Å². The van der Waals surface area contributed by atoms with Crippen LogP contribution in [0.5, 0.6) is 0 Å². The summed E-state index contributed by atoms with van der Waals surface area (Å²) in [4.78, 5) is 11.3. The predicted molar refractivity (Wildman–Crippen MR) is 58.5 cm³/mol. The number of nitrogens with one attached hydrogen (secondary N) is 1. The van der Waals surface area contributed by atoms with Gasteiger partial charge in [0, 0.05) is 20.1 Å². The average Bonchev–Trinajstić information content (AvgIpc) is 2.19. The van der Waals surface area contributed by atoms with Crippen LogP contribution in [0.4, 0.5) is 0 Å². The predicted octanol–water partition coefficient (Wildman–Crippen LogP) is 1.76. The van der Waals surface area contributed by atoms with Gasteiger partial charge in [-0.2, -0.15) is 0 Å². The topological polar surface area (TPSA) is 38.3 Å². The highest BCUT2D eigenvalue weighted by atomic mass is 16.5. The standard InChI is InChI=1S/C11H23NO2/c1-3-4-5-6-7-11(13)10-12-8-9-14-2/h12H,3-10H2,1-2H3. The van der Waals surface area contributed by atoms with Crippen molar-refractivity contribution in [3.05, 3.63) is 0 Å². The fraction of sp³-hybridized carbons (Fsp3) is 0.909. The molecule has 0 aliphatic rings. The van der Waals surface area contributed by atoms with Crippen molar-refractivity contribution in [2.24, 2.45) is 0 Å². The molecular formula is C11H23NO2. The van der Waals surface area contributed by atoms with Crippen molar-refractivity contribution < 1.29 is 9.53 Å². The molecule has 0 atom stereocenters. The molecule has 0 fully saturated rings. The zero-order valence-corrected chi connectivity index (χ0v) is 9.47. The molecule has 0 aromatic rings. The maximum atomic E-state index is 11.3. The van der Waals surface area contributed by atoms with Crippen LogP contribution in [0.25, 0.3) is 0 Å². The molecule has 0 aliphatic carbocycles. The second kappa shape index (κ2) is 10.7. The van der Waals surface area contributed by atoms with E-state index in [-0.39, 0.29) is 0 Å². The largest absolute Gasteiger partial charge is 0.383 e. The maximum absolute atomic E-state index is 11.3. The summed E-state index contributed by atoms with van der Waals surface area (Å²) < 4.78 is 4.86. The molecule has 0 heterocycles. The van der Waals surface area contributed by atoms with Gasteiger partial charge in [-0.3, -0.25) is 4.79 Å². The minimum absolute atomic E-state index is 0.317. The highest BCUT2D eigenvalue weighted by molar-refractivity contribution is 5.80. The maximum Gasteiger partial charge on any atom is 0.146 e. The molecular weight excluding hydrogens is 178 g/mol. The van der Waals surface area contributed by atoms with Gasteiger partial charge in [0.15, 0.2) is 0 Å². The van der Waals surface area contributed by atoms with Crippen molar-refractivity contribution in [2.45, 2.75) is 39.0 Å². The van der Waals surface area contributed by atoms with E-state index in [0.717, 1.165) is 19.4 Å². The third kappa shape index (κ3) is 9.68. The SMILES string of the molecule is CCCCCCC(=O)CNCCOC. The van der Waals surface area contributed by atoms with Gasteiger partial charge in [-0.05, 0) is 6.42 Å². The Balaban J connectivity index is 3.11. The van der Waals surface area contributed by atoms with Crippen molar-refractivity contribution in [3.8, 4) is 0 Å². The molecule has 0 saturated heterocycles. The third-order valence-electron chi connectivity index (χ3n) is 2.11. The van der Waals surface area contributed by atoms with E-state index in [1.54, 1.807) is 7.11 Å². The number of ether oxygens (including phenoxy) is 1. The first kappa shape index (κ1) is 13.6. The van der Waals surface area contributed by atoms with Gasteiger partial charge >= 0.3 is 0 Å². The normalized spacial score (nSPS) is 10.4. The Morgan fingerprint density at radius 2 is 2.07 bits per heavy atom. The molecule has 0 amide bonds. The van der Waals surface area contributed by atoms with Crippen LogP contribution < -0.4 is 5.32 Å². The molecule has 0 aromatic heterocycles. The lowest BCUT2D eigenvalue weighted by atomic mass is 10.1. The van der Waals surface area contributed by atoms with Gasteiger partial charge in [0.05, 0.1) is 13.2 Å². The van der Waals surface area contributed by atoms with E-state index in [4.69, 9.17) is 4.74 Å². The highest BCUT2D eigenvalue weighted by Crippen LogP contribution is 2.02. The van der Waals surface area contributed by atoms with Crippen LogP contribution in [0.3, 0.4) is 0 Å². The zero-order chi connectivity index (χ0) is 10.6. The number of rotatable bonds is 10. The number of carbonyl (C=O) groups is 1. The lowest BCUT2D eigenvalue weighted by Gasteiger charge is -2.03. The van der Waals surface area contributed by atoms with Crippen molar-refractivity contribution in [1.82, 2.24) is 5.32 Å². The Kier molecular flexibility index (Phi) is 10.4. The van der Waals surface area contributed by atoms with Gasteiger partial charge in [-0.25, -0.2) is 0 Å². The van der Waals surface area contributed by atoms with Gasteiger partial charge < -0.3 is 10.1 Å². The fourth-order valence-electron chi connectivity index (χ4n) is 1.24. The number of Topliss-reactive ketones (excluding diaryl/α,β-unsaturated/α-hetero) is 1. The number of unbranched alkanes of at least 4 members (excludes halogenated alkanes) is 3. The third-order valence-corrected chi connectivity index (χ3v) is 2.11.